The summed E-state index contributed by atoms with van der Waals surface area (Å²) in [4.78, 5) is 24.5. The SMILES string of the molecule is CCOC=C(C(=O)OCC)C(=O)c1c(Br)cc(Br)c(F)c1C. The number of Topliss-reactive ketones (excluding diaryl/α,β-unsaturated/α-hetero) is 1. The molecule has 0 N–H and O–H groups in total. The Morgan fingerprint density at radius 1 is 1.23 bits per heavy atom. The summed E-state index contributed by atoms with van der Waals surface area (Å²) in [5.74, 6) is -2.04. The van der Waals surface area contributed by atoms with Gasteiger partial charge in [0, 0.05) is 10.0 Å². The molecule has 4 nitrogen and oxygen atoms in total. The smallest absolute Gasteiger partial charge is 0.345 e. The number of esters is 1. The molecule has 0 atom stereocenters. The zero-order valence-electron chi connectivity index (χ0n) is 12.3. The summed E-state index contributed by atoms with van der Waals surface area (Å²) < 4.78 is 24.5. The lowest BCUT2D eigenvalue weighted by Crippen LogP contribution is -2.18. The van der Waals surface area contributed by atoms with Crippen LogP contribution in [0.2, 0.25) is 0 Å². The number of ether oxygens (including phenoxy) is 2. The van der Waals surface area contributed by atoms with Crippen molar-refractivity contribution >= 4 is 43.6 Å². The van der Waals surface area contributed by atoms with Gasteiger partial charge in [-0.05, 0) is 64.3 Å². The van der Waals surface area contributed by atoms with Gasteiger partial charge in [-0.3, -0.25) is 4.79 Å². The summed E-state index contributed by atoms with van der Waals surface area (Å²) >= 11 is 6.29. The zero-order chi connectivity index (χ0) is 16.9. The lowest BCUT2D eigenvalue weighted by atomic mass is 9.99. The minimum atomic E-state index is -0.810. The van der Waals surface area contributed by atoms with Gasteiger partial charge in [-0.2, -0.15) is 0 Å². The van der Waals surface area contributed by atoms with Gasteiger partial charge in [0.1, 0.15) is 17.7 Å². The van der Waals surface area contributed by atoms with Crippen LogP contribution in [0, 0.1) is 12.7 Å². The maximum Gasteiger partial charge on any atom is 0.345 e. The number of benzene rings is 1. The van der Waals surface area contributed by atoms with Crippen molar-refractivity contribution in [1.82, 2.24) is 0 Å². The highest BCUT2D eigenvalue weighted by Gasteiger charge is 2.27. The van der Waals surface area contributed by atoms with Crippen LogP contribution in [0.4, 0.5) is 4.39 Å². The molecule has 0 radical (unpaired) electrons. The van der Waals surface area contributed by atoms with Crippen molar-refractivity contribution in [2.75, 3.05) is 13.2 Å². The third kappa shape index (κ3) is 4.16. The van der Waals surface area contributed by atoms with Crippen LogP contribution in [0.25, 0.3) is 0 Å². The summed E-state index contributed by atoms with van der Waals surface area (Å²) in [5, 5.41) is 0. The lowest BCUT2D eigenvalue weighted by molar-refractivity contribution is -0.138. The number of rotatable bonds is 6. The Hall–Kier alpha value is -1.21. The molecule has 0 saturated carbocycles. The Labute approximate surface area is 144 Å². The van der Waals surface area contributed by atoms with Gasteiger partial charge in [-0.1, -0.05) is 0 Å². The molecule has 0 spiro atoms. The standard InChI is InChI=1S/C15H15Br2FO4/c1-4-21-7-9(15(20)22-5-2)14(19)12-8(3)13(18)11(17)6-10(12)16/h6-7H,4-5H2,1-3H3. The van der Waals surface area contributed by atoms with Gasteiger partial charge in [0.2, 0.25) is 5.78 Å². The van der Waals surface area contributed by atoms with Crippen molar-refractivity contribution in [3.05, 3.63) is 43.8 Å². The first-order valence-corrected chi connectivity index (χ1v) is 8.11. The third-order valence-electron chi connectivity index (χ3n) is 2.74. The van der Waals surface area contributed by atoms with Crippen LogP contribution in [0.15, 0.2) is 26.8 Å². The molecule has 0 bridgehead atoms. The lowest BCUT2D eigenvalue weighted by Gasteiger charge is -2.12. The molecule has 0 heterocycles. The van der Waals surface area contributed by atoms with E-state index in [1.54, 1.807) is 13.8 Å². The van der Waals surface area contributed by atoms with Gasteiger partial charge in [0.05, 0.1) is 17.7 Å². The van der Waals surface area contributed by atoms with E-state index in [2.05, 4.69) is 31.9 Å². The number of halogens is 3. The maximum atomic E-state index is 14.0. The van der Waals surface area contributed by atoms with E-state index in [9.17, 15) is 14.0 Å². The Morgan fingerprint density at radius 2 is 1.86 bits per heavy atom. The molecule has 0 saturated heterocycles. The monoisotopic (exact) mass is 436 g/mol. The van der Waals surface area contributed by atoms with Gasteiger partial charge < -0.3 is 9.47 Å². The average Bonchev–Trinajstić information content (AvgIpc) is 2.45. The van der Waals surface area contributed by atoms with Gasteiger partial charge in [-0.25, -0.2) is 9.18 Å². The number of hydrogen-bond acceptors (Lipinski definition) is 4. The fourth-order valence-corrected chi connectivity index (χ4v) is 3.24. The van der Waals surface area contributed by atoms with Gasteiger partial charge in [0.15, 0.2) is 0 Å². The van der Waals surface area contributed by atoms with Crippen LogP contribution >= 0.6 is 31.9 Å². The van der Waals surface area contributed by atoms with E-state index in [1.807, 2.05) is 0 Å². The molecular formula is C15H15Br2FO4. The molecule has 120 valence electrons. The Bertz CT molecular complexity index is 626. The van der Waals surface area contributed by atoms with Crippen LogP contribution < -0.4 is 0 Å². The molecule has 1 aromatic rings. The summed E-state index contributed by atoms with van der Waals surface area (Å²) in [7, 11) is 0. The maximum absolute atomic E-state index is 14.0. The van der Waals surface area contributed by atoms with E-state index in [1.165, 1.54) is 13.0 Å². The van der Waals surface area contributed by atoms with E-state index < -0.39 is 17.6 Å². The van der Waals surface area contributed by atoms with Crippen molar-refractivity contribution in [1.29, 1.82) is 0 Å². The summed E-state index contributed by atoms with van der Waals surface area (Å²) in [6, 6.07) is 1.42. The van der Waals surface area contributed by atoms with Crippen LogP contribution in [-0.2, 0) is 14.3 Å². The topological polar surface area (TPSA) is 52.6 Å². The summed E-state index contributed by atoms with van der Waals surface area (Å²) in [5.41, 5.74) is -0.105. The third-order valence-corrected chi connectivity index (χ3v) is 3.94. The van der Waals surface area contributed by atoms with Gasteiger partial charge >= 0.3 is 5.97 Å². The molecule has 22 heavy (non-hydrogen) atoms. The van der Waals surface area contributed by atoms with Crippen LogP contribution in [0.1, 0.15) is 29.8 Å². The first-order chi connectivity index (χ1) is 10.3. The van der Waals surface area contributed by atoms with E-state index in [0.717, 1.165) is 6.26 Å². The molecule has 7 heteroatoms. The van der Waals surface area contributed by atoms with E-state index in [0.29, 0.717) is 4.47 Å². The molecule has 0 aliphatic rings. The molecule has 0 fully saturated rings. The van der Waals surface area contributed by atoms with Crippen molar-refractivity contribution in [3.63, 3.8) is 0 Å². The molecule has 0 aliphatic heterocycles. The van der Waals surface area contributed by atoms with Crippen molar-refractivity contribution in [3.8, 4) is 0 Å². The van der Waals surface area contributed by atoms with Gasteiger partial charge in [-0.15, -0.1) is 0 Å². The van der Waals surface area contributed by atoms with Crippen LogP contribution in [0.5, 0.6) is 0 Å². The second-order valence-electron chi connectivity index (χ2n) is 4.19. The molecule has 0 unspecified atom stereocenters. The Kier molecular flexibility index (Phi) is 7.22. The fraction of sp³-hybridized carbons (Fsp3) is 0.333. The minimum Gasteiger partial charge on any atom is -0.500 e. The summed E-state index contributed by atoms with van der Waals surface area (Å²) in [6.45, 7) is 5.20. The highest BCUT2D eigenvalue weighted by Crippen LogP contribution is 2.31. The first-order valence-electron chi connectivity index (χ1n) is 6.52. The van der Waals surface area contributed by atoms with E-state index >= 15 is 0 Å². The molecule has 1 aromatic carbocycles. The Balaban J connectivity index is 3.37. The quantitative estimate of drug-likeness (QED) is 0.126. The van der Waals surface area contributed by atoms with E-state index in [-0.39, 0.29) is 34.4 Å². The minimum absolute atomic E-state index is 0.0553. The molecular weight excluding hydrogens is 423 g/mol. The zero-order valence-corrected chi connectivity index (χ0v) is 15.5. The van der Waals surface area contributed by atoms with Crippen LogP contribution in [0.3, 0.4) is 0 Å². The highest BCUT2D eigenvalue weighted by atomic mass is 79.9. The largest absolute Gasteiger partial charge is 0.500 e. The number of carbonyl (C=O) groups is 2. The summed E-state index contributed by atoms with van der Waals surface area (Å²) in [6.07, 6.45) is 1.05. The highest BCUT2D eigenvalue weighted by molar-refractivity contribution is 9.11. The first kappa shape index (κ1) is 18.8. The average molecular weight is 438 g/mol. The molecule has 1 rings (SSSR count). The molecule has 0 amide bonds. The van der Waals surface area contributed by atoms with Gasteiger partial charge in [0.25, 0.3) is 0 Å². The Morgan fingerprint density at radius 3 is 2.41 bits per heavy atom. The van der Waals surface area contributed by atoms with E-state index in [4.69, 9.17) is 9.47 Å². The molecule has 0 aliphatic carbocycles. The van der Waals surface area contributed by atoms with Crippen LogP contribution in [-0.4, -0.2) is 25.0 Å². The normalized spacial score (nSPS) is 11.3. The second-order valence-corrected chi connectivity index (χ2v) is 5.90. The van der Waals surface area contributed by atoms with Crippen molar-refractivity contribution in [2.24, 2.45) is 0 Å². The molecule has 0 aromatic heterocycles. The number of ketones is 1. The fourth-order valence-electron chi connectivity index (χ4n) is 1.70. The van der Waals surface area contributed by atoms with Crippen molar-refractivity contribution in [2.45, 2.75) is 20.8 Å². The number of hydrogen-bond donors (Lipinski definition) is 0. The predicted octanol–water partition coefficient (Wildman–Crippen LogP) is 4.33. The van der Waals surface area contributed by atoms with Crippen molar-refractivity contribution < 1.29 is 23.5 Å². The predicted molar refractivity (Wildman–Crippen MR) is 87.2 cm³/mol. The second kappa shape index (κ2) is 8.43. The number of carbonyl (C=O) groups excluding carboxylic acids is 2.